The predicted molar refractivity (Wildman–Crippen MR) is 97.8 cm³/mol. The molecule has 130 valence electrons. The number of anilines is 2. The van der Waals surface area contributed by atoms with Crippen LogP contribution in [0, 0.1) is 0 Å². The van der Waals surface area contributed by atoms with Gasteiger partial charge in [-0.3, -0.25) is 4.90 Å². The maximum atomic E-state index is 9.92. The largest absolute Gasteiger partial charge is 0.514 e. The Morgan fingerprint density at radius 2 is 2.08 bits per heavy atom. The molecule has 2 aliphatic heterocycles. The zero-order valence-electron chi connectivity index (χ0n) is 14.9. The number of likely N-dealkylation sites (N-methyl/N-ethyl adjacent to an activating group) is 1. The van der Waals surface area contributed by atoms with Crippen molar-refractivity contribution < 1.29 is 5.11 Å². The van der Waals surface area contributed by atoms with Crippen molar-refractivity contribution >= 4 is 11.5 Å². The van der Waals surface area contributed by atoms with E-state index >= 15 is 0 Å². The van der Waals surface area contributed by atoms with Gasteiger partial charge in [-0.2, -0.15) is 0 Å². The number of pyridine rings is 1. The second-order valence-corrected chi connectivity index (χ2v) is 7.65. The predicted octanol–water partition coefficient (Wildman–Crippen LogP) is 3.10. The van der Waals surface area contributed by atoms with Gasteiger partial charge in [0.15, 0.2) is 5.82 Å². The highest BCUT2D eigenvalue weighted by Gasteiger charge is 2.39. The van der Waals surface area contributed by atoms with Crippen LogP contribution >= 0.6 is 0 Å². The van der Waals surface area contributed by atoms with Gasteiger partial charge in [0, 0.05) is 38.9 Å². The summed E-state index contributed by atoms with van der Waals surface area (Å²) in [6.45, 7) is 7.40. The first-order chi connectivity index (χ1) is 11.6. The number of rotatable bonds is 2. The second kappa shape index (κ2) is 5.96. The Hall–Kier alpha value is -1.75. The molecule has 0 amide bonds. The number of aliphatic hydroxyl groups excluding tert-OH is 1. The third-order valence-electron chi connectivity index (χ3n) is 6.08. The lowest BCUT2D eigenvalue weighted by Crippen LogP contribution is -2.59. The Morgan fingerprint density at radius 3 is 2.71 bits per heavy atom. The molecule has 1 N–H and O–H groups in total. The number of hydrogen-bond donors (Lipinski definition) is 1. The quantitative estimate of drug-likeness (QED) is 0.845. The molecule has 3 heterocycles. The fraction of sp³-hybridized carbons (Fsp3) is 0.632. The second-order valence-electron chi connectivity index (χ2n) is 7.65. The van der Waals surface area contributed by atoms with Gasteiger partial charge in [-0.1, -0.05) is 6.42 Å². The van der Waals surface area contributed by atoms with Gasteiger partial charge in [-0.25, -0.2) is 4.98 Å². The monoisotopic (exact) mass is 328 g/mol. The van der Waals surface area contributed by atoms with Crippen LogP contribution in [0.25, 0.3) is 0 Å². The van der Waals surface area contributed by atoms with Crippen LogP contribution in [0.3, 0.4) is 0 Å². The van der Waals surface area contributed by atoms with Crippen LogP contribution in [0.15, 0.2) is 24.2 Å². The van der Waals surface area contributed by atoms with Gasteiger partial charge in [0.1, 0.15) is 6.26 Å². The Balaban J connectivity index is 1.71. The van der Waals surface area contributed by atoms with Crippen molar-refractivity contribution in [1.29, 1.82) is 0 Å². The zero-order chi connectivity index (χ0) is 16.8. The SMILES string of the molecule is CC(C)N1CCN2c3ncc(C4CCC4)cc3N(C)/C(=C/O)[C@@H]2C1. The molecule has 1 aromatic heterocycles. The molecule has 0 unspecified atom stereocenters. The summed E-state index contributed by atoms with van der Waals surface area (Å²) >= 11 is 0. The first kappa shape index (κ1) is 15.8. The van der Waals surface area contributed by atoms with E-state index in [0.717, 1.165) is 36.8 Å². The fourth-order valence-electron chi connectivity index (χ4n) is 4.21. The smallest absolute Gasteiger partial charge is 0.153 e. The van der Waals surface area contributed by atoms with Crippen LogP contribution in [-0.4, -0.2) is 53.8 Å². The lowest BCUT2D eigenvalue weighted by Gasteiger charge is -2.50. The first-order valence-corrected chi connectivity index (χ1v) is 9.18. The summed E-state index contributed by atoms with van der Waals surface area (Å²) in [6, 6.07) is 2.99. The van der Waals surface area contributed by atoms with Crippen LogP contribution in [0.2, 0.25) is 0 Å². The molecule has 24 heavy (non-hydrogen) atoms. The summed E-state index contributed by atoms with van der Waals surface area (Å²) in [5, 5.41) is 9.92. The molecule has 2 fully saturated rings. The lowest BCUT2D eigenvalue weighted by atomic mass is 9.80. The van der Waals surface area contributed by atoms with E-state index in [1.807, 2.05) is 0 Å². The third kappa shape index (κ3) is 2.37. The highest BCUT2D eigenvalue weighted by Crippen LogP contribution is 2.43. The van der Waals surface area contributed by atoms with Crippen LogP contribution in [0.1, 0.15) is 44.6 Å². The first-order valence-electron chi connectivity index (χ1n) is 9.18. The minimum Gasteiger partial charge on any atom is -0.514 e. The normalized spacial score (nSPS) is 26.5. The Labute approximate surface area is 144 Å². The van der Waals surface area contributed by atoms with Crippen molar-refractivity contribution in [2.24, 2.45) is 0 Å². The molecular weight excluding hydrogens is 300 g/mol. The van der Waals surface area contributed by atoms with Crippen LogP contribution in [0.5, 0.6) is 0 Å². The molecule has 0 spiro atoms. The molecule has 1 saturated carbocycles. The van der Waals surface area contributed by atoms with E-state index < -0.39 is 0 Å². The van der Waals surface area contributed by atoms with Crippen molar-refractivity contribution in [2.75, 3.05) is 36.5 Å². The molecule has 4 rings (SSSR count). The topological polar surface area (TPSA) is 42.8 Å². The van der Waals surface area contributed by atoms with Crippen LogP contribution in [-0.2, 0) is 0 Å². The molecule has 1 saturated heterocycles. The number of nitrogens with zero attached hydrogens (tertiary/aromatic N) is 4. The average Bonchev–Trinajstić information content (AvgIpc) is 2.53. The van der Waals surface area contributed by atoms with E-state index in [0.29, 0.717) is 12.0 Å². The van der Waals surface area contributed by atoms with E-state index in [1.54, 1.807) is 0 Å². The van der Waals surface area contributed by atoms with Crippen molar-refractivity contribution in [3.05, 3.63) is 29.8 Å². The number of fused-ring (bicyclic) bond motifs is 3. The van der Waals surface area contributed by atoms with Crippen molar-refractivity contribution in [3.63, 3.8) is 0 Å². The Bertz CT molecular complexity index is 653. The minimum atomic E-state index is 0.172. The highest BCUT2D eigenvalue weighted by molar-refractivity contribution is 5.75. The average molecular weight is 328 g/mol. The molecule has 0 aromatic carbocycles. The van der Waals surface area contributed by atoms with Crippen molar-refractivity contribution in [2.45, 2.75) is 51.1 Å². The van der Waals surface area contributed by atoms with Gasteiger partial charge in [0.05, 0.1) is 17.4 Å². The van der Waals surface area contributed by atoms with Gasteiger partial charge in [-0.05, 0) is 44.2 Å². The maximum Gasteiger partial charge on any atom is 0.153 e. The molecule has 1 atom stereocenters. The summed E-state index contributed by atoms with van der Waals surface area (Å²) in [5.74, 6) is 1.74. The van der Waals surface area contributed by atoms with Gasteiger partial charge in [-0.15, -0.1) is 0 Å². The van der Waals surface area contributed by atoms with Crippen molar-refractivity contribution in [1.82, 2.24) is 9.88 Å². The number of hydrogen-bond acceptors (Lipinski definition) is 5. The van der Waals surface area contributed by atoms with Gasteiger partial charge >= 0.3 is 0 Å². The van der Waals surface area contributed by atoms with Gasteiger partial charge in [0.2, 0.25) is 0 Å². The Morgan fingerprint density at radius 1 is 1.29 bits per heavy atom. The number of aliphatic hydroxyl groups is 1. The van der Waals surface area contributed by atoms with E-state index in [9.17, 15) is 5.11 Å². The van der Waals surface area contributed by atoms with E-state index in [-0.39, 0.29) is 6.04 Å². The third-order valence-corrected chi connectivity index (χ3v) is 6.08. The molecule has 0 radical (unpaired) electrons. The highest BCUT2D eigenvalue weighted by atomic mass is 16.2. The summed E-state index contributed by atoms with van der Waals surface area (Å²) < 4.78 is 0. The molecule has 5 nitrogen and oxygen atoms in total. The molecule has 1 aliphatic carbocycles. The van der Waals surface area contributed by atoms with Gasteiger partial charge in [0.25, 0.3) is 0 Å². The molecule has 1 aromatic rings. The van der Waals surface area contributed by atoms with Crippen molar-refractivity contribution in [3.8, 4) is 0 Å². The van der Waals surface area contributed by atoms with E-state index in [4.69, 9.17) is 4.98 Å². The van der Waals surface area contributed by atoms with Crippen LogP contribution in [0.4, 0.5) is 11.5 Å². The standard InChI is InChI=1S/C19H28N4O/c1-13(2)22-7-8-23-17(11-22)18(12-24)21(3)16-9-15(10-20-19(16)23)14-5-4-6-14/h9-10,12-14,17,24H,4-8,11H2,1-3H3/b18-12+/t17-/m0/s1. The van der Waals surface area contributed by atoms with E-state index in [1.165, 1.54) is 31.1 Å². The summed E-state index contributed by atoms with van der Waals surface area (Å²) in [7, 11) is 2.05. The number of piperazine rings is 1. The van der Waals surface area contributed by atoms with E-state index in [2.05, 4.69) is 47.9 Å². The zero-order valence-corrected chi connectivity index (χ0v) is 14.9. The van der Waals surface area contributed by atoms with Crippen LogP contribution < -0.4 is 9.80 Å². The molecular formula is C19H28N4O. The molecule has 0 bridgehead atoms. The van der Waals surface area contributed by atoms with Gasteiger partial charge < -0.3 is 14.9 Å². The number of aromatic nitrogens is 1. The summed E-state index contributed by atoms with van der Waals surface area (Å²) in [5.41, 5.74) is 3.46. The summed E-state index contributed by atoms with van der Waals surface area (Å²) in [6.07, 6.45) is 7.26. The fourth-order valence-corrected chi connectivity index (χ4v) is 4.21. The molecule has 3 aliphatic rings. The minimum absolute atomic E-state index is 0.172. The maximum absolute atomic E-state index is 9.92. The summed E-state index contributed by atoms with van der Waals surface area (Å²) in [4.78, 5) is 11.8. The molecule has 5 heteroatoms. The Kier molecular flexibility index (Phi) is 3.91. The lowest BCUT2D eigenvalue weighted by molar-refractivity contribution is 0.186.